The van der Waals surface area contributed by atoms with Crippen molar-refractivity contribution >= 4 is 0 Å². The summed E-state index contributed by atoms with van der Waals surface area (Å²) in [5.74, 6) is 0. The Morgan fingerprint density at radius 1 is 1.25 bits per heavy atom. The smallest absolute Gasteiger partial charge is 0.102 e. The van der Waals surface area contributed by atoms with Gasteiger partial charge >= 0.3 is 0 Å². The Hall–Kier alpha value is -0.120. The third-order valence-electron chi connectivity index (χ3n) is 2.66. The van der Waals surface area contributed by atoms with E-state index in [4.69, 9.17) is 9.84 Å². The average molecular weight is 174 g/mol. The second-order valence-corrected chi connectivity index (χ2v) is 3.83. The van der Waals surface area contributed by atoms with Gasteiger partial charge in [-0.25, -0.2) is 0 Å². The standard InChI is InChI=1S/C9H20NO2/c1-10(4-2-3-5-10)6-8-12-9-7-11/h11H,2-9H2,1H3/q+1. The van der Waals surface area contributed by atoms with Crippen LogP contribution in [0, 0.1) is 0 Å². The minimum atomic E-state index is 0.143. The second kappa shape index (κ2) is 4.80. The molecule has 0 aromatic rings. The van der Waals surface area contributed by atoms with Crippen molar-refractivity contribution in [2.45, 2.75) is 12.8 Å². The molecule has 72 valence electrons. The molecule has 3 nitrogen and oxygen atoms in total. The van der Waals surface area contributed by atoms with Crippen molar-refractivity contribution in [3.8, 4) is 0 Å². The quantitative estimate of drug-likeness (QED) is 0.478. The summed E-state index contributed by atoms with van der Waals surface area (Å²) in [7, 11) is 2.29. The van der Waals surface area contributed by atoms with Gasteiger partial charge in [0.1, 0.15) is 6.54 Å². The molecule has 1 N–H and O–H groups in total. The monoisotopic (exact) mass is 174 g/mol. The summed E-state index contributed by atoms with van der Waals surface area (Å²) in [6, 6.07) is 0. The van der Waals surface area contributed by atoms with Gasteiger partial charge in [-0.05, 0) is 0 Å². The van der Waals surface area contributed by atoms with Crippen molar-refractivity contribution < 1.29 is 14.3 Å². The van der Waals surface area contributed by atoms with Crippen LogP contribution in [-0.2, 0) is 4.74 Å². The van der Waals surface area contributed by atoms with E-state index < -0.39 is 0 Å². The molecule has 0 radical (unpaired) electrons. The van der Waals surface area contributed by atoms with E-state index in [0.29, 0.717) is 6.61 Å². The van der Waals surface area contributed by atoms with Crippen LogP contribution in [0.3, 0.4) is 0 Å². The van der Waals surface area contributed by atoms with Crippen molar-refractivity contribution in [3.63, 3.8) is 0 Å². The minimum Gasteiger partial charge on any atom is -0.394 e. The number of rotatable bonds is 5. The van der Waals surface area contributed by atoms with Gasteiger partial charge in [-0.2, -0.15) is 0 Å². The number of hydrogen-bond donors (Lipinski definition) is 1. The first-order chi connectivity index (χ1) is 5.77. The van der Waals surface area contributed by atoms with Crippen LogP contribution in [0.25, 0.3) is 0 Å². The molecule has 12 heavy (non-hydrogen) atoms. The number of aliphatic hydroxyl groups is 1. The maximum Gasteiger partial charge on any atom is 0.102 e. The van der Waals surface area contributed by atoms with Gasteiger partial charge in [-0.15, -0.1) is 0 Å². The maximum atomic E-state index is 8.49. The summed E-state index contributed by atoms with van der Waals surface area (Å²) in [6.07, 6.45) is 2.72. The highest BCUT2D eigenvalue weighted by molar-refractivity contribution is 4.51. The van der Waals surface area contributed by atoms with E-state index in [1.54, 1.807) is 0 Å². The largest absolute Gasteiger partial charge is 0.394 e. The number of ether oxygens (including phenoxy) is 1. The molecule has 1 saturated heterocycles. The first kappa shape index (κ1) is 9.96. The topological polar surface area (TPSA) is 29.5 Å². The lowest BCUT2D eigenvalue weighted by molar-refractivity contribution is -0.898. The van der Waals surface area contributed by atoms with Gasteiger partial charge in [-0.1, -0.05) is 0 Å². The van der Waals surface area contributed by atoms with Crippen LogP contribution < -0.4 is 0 Å². The van der Waals surface area contributed by atoms with E-state index in [-0.39, 0.29) is 6.61 Å². The van der Waals surface area contributed by atoms with Gasteiger partial charge in [0.2, 0.25) is 0 Å². The summed E-state index contributed by atoms with van der Waals surface area (Å²) >= 11 is 0. The van der Waals surface area contributed by atoms with E-state index in [9.17, 15) is 0 Å². The fourth-order valence-corrected chi connectivity index (χ4v) is 1.77. The summed E-state index contributed by atoms with van der Waals surface area (Å²) in [5.41, 5.74) is 0. The maximum absolute atomic E-state index is 8.49. The van der Waals surface area contributed by atoms with Gasteiger partial charge in [-0.3, -0.25) is 0 Å². The van der Waals surface area contributed by atoms with Gasteiger partial charge in [0, 0.05) is 12.8 Å². The Kier molecular flexibility index (Phi) is 3.98. The molecule has 0 aliphatic carbocycles. The Balaban J connectivity index is 2.05. The summed E-state index contributed by atoms with van der Waals surface area (Å²) in [4.78, 5) is 0. The molecule has 0 spiro atoms. The summed E-state index contributed by atoms with van der Waals surface area (Å²) < 4.78 is 6.40. The first-order valence-corrected chi connectivity index (χ1v) is 4.79. The van der Waals surface area contributed by atoms with Crippen LogP contribution in [0.4, 0.5) is 0 Å². The number of likely N-dealkylation sites (tertiary alicyclic amines) is 1. The van der Waals surface area contributed by atoms with E-state index in [1.165, 1.54) is 25.9 Å². The molecular formula is C9H20NO2+. The minimum absolute atomic E-state index is 0.143. The van der Waals surface area contributed by atoms with Gasteiger partial charge in [0.05, 0.1) is 40.0 Å². The number of quaternary nitrogens is 1. The summed E-state index contributed by atoms with van der Waals surface area (Å²) in [6.45, 7) is 5.10. The summed E-state index contributed by atoms with van der Waals surface area (Å²) in [5, 5.41) is 8.49. The van der Waals surface area contributed by atoms with Crippen LogP contribution in [0.15, 0.2) is 0 Å². The Bertz CT molecular complexity index is 122. The average Bonchev–Trinajstić information content (AvgIpc) is 2.47. The molecule has 0 saturated carbocycles. The number of nitrogens with zero attached hydrogens (tertiary/aromatic N) is 1. The van der Waals surface area contributed by atoms with E-state index >= 15 is 0 Å². The van der Waals surface area contributed by atoms with Crippen molar-refractivity contribution in [1.82, 2.24) is 0 Å². The van der Waals surface area contributed by atoms with Crippen molar-refractivity contribution in [3.05, 3.63) is 0 Å². The van der Waals surface area contributed by atoms with Crippen LogP contribution in [-0.4, -0.2) is 56.1 Å². The Labute approximate surface area is 74.5 Å². The molecule has 0 amide bonds. The lowest BCUT2D eigenvalue weighted by Crippen LogP contribution is -2.43. The highest BCUT2D eigenvalue weighted by Gasteiger charge is 2.25. The number of hydrogen-bond acceptors (Lipinski definition) is 2. The lowest BCUT2D eigenvalue weighted by atomic mass is 10.4. The first-order valence-electron chi connectivity index (χ1n) is 4.79. The third-order valence-corrected chi connectivity index (χ3v) is 2.66. The molecule has 0 aromatic heterocycles. The fraction of sp³-hybridized carbons (Fsp3) is 1.00. The zero-order chi connectivity index (χ0) is 8.86. The van der Waals surface area contributed by atoms with Crippen LogP contribution in [0.5, 0.6) is 0 Å². The zero-order valence-electron chi connectivity index (χ0n) is 7.96. The molecular weight excluding hydrogens is 154 g/mol. The molecule has 0 bridgehead atoms. The normalized spacial score (nSPS) is 21.5. The zero-order valence-corrected chi connectivity index (χ0v) is 7.96. The third kappa shape index (κ3) is 3.09. The fourth-order valence-electron chi connectivity index (χ4n) is 1.77. The molecule has 1 aliphatic heterocycles. The Morgan fingerprint density at radius 3 is 2.50 bits per heavy atom. The molecule has 0 atom stereocenters. The molecule has 0 aromatic carbocycles. The molecule has 1 heterocycles. The van der Waals surface area contributed by atoms with Crippen LogP contribution in [0.2, 0.25) is 0 Å². The van der Waals surface area contributed by atoms with E-state index in [2.05, 4.69) is 7.05 Å². The van der Waals surface area contributed by atoms with Crippen molar-refractivity contribution in [2.24, 2.45) is 0 Å². The highest BCUT2D eigenvalue weighted by Crippen LogP contribution is 2.15. The van der Waals surface area contributed by atoms with Gasteiger partial charge in [0.25, 0.3) is 0 Å². The Morgan fingerprint density at radius 2 is 1.92 bits per heavy atom. The molecule has 3 heteroatoms. The predicted molar refractivity (Wildman–Crippen MR) is 47.9 cm³/mol. The molecule has 1 aliphatic rings. The van der Waals surface area contributed by atoms with E-state index in [1.807, 2.05) is 0 Å². The molecule has 1 rings (SSSR count). The SMILES string of the molecule is C[N+]1(CCOCCO)CCCC1. The number of aliphatic hydroxyl groups excluding tert-OH is 1. The predicted octanol–water partition coefficient (Wildman–Crippen LogP) is 0.236. The van der Waals surface area contributed by atoms with E-state index in [0.717, 1.165) is 17.6 Å². The lowest BCUT2D eigenvalue weighted by Gasteiger charge is -2.28. The highest BCUT2D eigenvalue weighted by atomic mass is 16.5. The second-order valence-electron chi connectivity index (χ2n) is 3.83. The molecule has 1 fully saturated rings. The van der Waals surface area contributed by atoms with Crippen LogP contribution >= 0.6 is 0 Å². The number of likely N-dealkylation sites (N-methyl/N-ethyl adjacent to an activating group) is 1. The van der Waals surface area contributed by atoms with Crippen molar-refractivity contribution in [1.29, 1.82) is 0 Å². The van der Waals surface area contributed by atoms with Crippen molar-refractivity contribution in [2.75, 3.05) is 46.5 Å². The van der Waals surface area contributed by atoms with Gasteiger partial charge < -0.3 is 14.3 Å². The van der Waals surface area contributed by atoms with Gasteiger partial charge in [0.15, 0.2) is 0 Å². The van der Waals surface area contributed by atoms with Crippen LogP contribution in [0.1, 0.15) is 12.8 Å². The molecule has 0 unspecified atom stereocenters.